The first-order chi connectivity index (χ1) is 15.2. The smallest absolute Gasteiger partial charge is 0.310 e. The molecule has 7 nitrogen and oxygen atoms in total. The number of fused-ring (bicyclic) bond motifs is 3. The van der Waals surface area contributed by atoms with Crippen LogP contribution in [0.5, 0.6) is 0 Å². The quantitative estimate of drug-likeness (QED) is 0.469. The first kappa shape index (κ1) is 19.5. The average molecular weight is 415 g/mol. The number of piperidine rings is 1. The number of benzene rings is 2. The molecule has 0 amide bonds. The second kappa shape index (κ2) is 7.98. The predicted molar refractivity (Wildman–Crippen MR) is 120 cm³/mol. The van der Waals surface area contributed by atoms with Crippen molar-refractivity contribution in [2.45, 2.75) is 26.7 Å². The Hall–Kier alpha value is -3.48. The molecule has 2 aromatic heterocycles. The Morgan fingerprint density at radius 1 is 1.16 bits per heavy atom. The summed E-state index contributed by atoms with van der Waals surface area (Å²) in [5.74, 6) is 1.23. The van der Waals surface area contributed by atoms with Gasteiger partial charge in [0, 0.05) is 24.0 Å². The van der Waals surface area contributed by atoms with Crippen molar-refractivity contribution in [2.75, 3.05) is 24.6 Å². The van der Waals surface area contributed by atoms with E-state index < -0.39 is 0 Å². The van der Waals surface area contributed by atoms with Gasteiger partial charge in [-0.3, -0.25) is 4.79 Å². The summed E-state index contributed by atoms with van der Waals surface area (Å²) in [4.78, 5) is 19.6. The third kappa shape index (κ3) is 3.50. The number of carbonyl (C=O) groups excluding carboxylic acids is 1. The highest BCUT2D eigenvalue weighted by Crippen LogP contribution is 2.31. The Labute approximate surface area is 180 Å². The largest absolute Gasteiger partial charge is 0.466 e. The van der Waals surface area contributed by atoms with Gasteiger partial charge in [-0.15, -0.1) is 10.2 Å². The fourth-order valence-corrected chi connectivity index (χ4v) is 4.36. The van der Waals surface area contributed by atoms with Gasteiger partial charge in [-0.2, -0.15) is 0 Å². The maximum absolute atomic E-state index is 12.4. The first-order valence-electron chi connectivity index (χ1n) is 10.8. The second-order valence-electron chi connectivity index (χ2n) is 8.02. The highest BCUT2D eigenvalue weighted by atomic mass is 16.5. The van der Waals surface area contributed by atoms with Crippen LogP contribution in [0.15, 0.2) is 48.5 Å². The molecule has 1 saturated heterocycles. The molecule has 1 fully saturated rings. The van der Waals surface area contributed by atoms with Crippen molar-refractivity contribution in [3.63, 3.8) is 0 Å². The Bertz CT molecular complexity index is 1270. The fraction of sp³-hybridized carbons (Fsp3) is 0.333. The van der Waals surface area contributed by atoms with Crippen molar-refractivity contribution in [3.05, 3.63) is 54.1 Å². The molecule has 4 aromatic rings. The molecule has 3 heterocycles. The lowest BCUT2D eigenvalue weighted by Crippen LogP contribution is -2.40. The van der Waals surface area contributed by atoms with Crippen LogP contribution < -0.4 is 4.90 Å². The number of anilines is 1. The minimum Gasteiger partial charge on any atom is -0.466 e. The highest BCUT2D eigenvalue weighted by Gasteiger charge is 2.30. The molecule has 158 valence electrons. The van der Waals surface area contributed by atoms with Crippen molar-refractivity contribution in [1.82, 2.24) is 19.6 Å². The molecule has 1 aliphatic heterocycles. The molecule has 7 heteroatoms. The molecular formula is C24H25N5O2. The zero-order valence-electron chi connectivity index (χ0n) is 17.8. The van der Waals surface area contributed by atoms with Crippen molar-refractivity contribution in [1.29, 1.82) is 0 Å². The van der Waals surface area contributed by atoms with E-state index in [1.165, 1.54) is 0 Å². The molecule has 0 saturated carbocycles. The summed E-state index contributed by atoms with van der Waals surface area (Å²) < 4.78 is 7.33. The van der Waals surface area contributed by atoms with Crippen molar-refractivity contribution in [2.24, 2.45) is 5.92 Å². The number of hydrogen-bond donors (Lipinski definition) is 0. The second-order valence-corrected chi connectivity index (χ2v) is 8.02. The van der Waals surface area contributed by atoms with Gasteiger partial charge in [0.1, 0.15) is 0 Å². The molecule has 0 bridgehead atoms. The number of carbonyl (C=O) groups is 1. The third-order valence-electron chi connectivity index (χ3n) is 5.83. The summed E-state index contributed by atoms with van der Waals surface area (Å²) >= 11 is 0. The molecule has 0 radical (unpaired) electrons. The average Bonchev–Trinajstić information content (AvgIpc) is 3.24. The van der Waals surface area contributed by atoms with Crippen LogP contribution in [-0.2, 0) is 9.53 Å². The minimum absolute atomic E-state index is 0.133. The molecule has 2 aromatic carbocycles. The van der Waals surface area contributed by atoms with Crippen LogP contribution in [0.2, 0.25) is 0 Å². The van der Waals surface area contributed by atoms with E-state index >= 15 is 0 Å². The zero-order chi connectivity index (χ0) is 21.4. The molecule has 31 heavy (non-hydrogen) atoms. The van der Waals surface area contributed by atoms with E-state index in [9.17, 15) is 4.79 Å². The van der Waals surface area contributed by atoms with Gasteiger partial charge in [-0.1, -0.05) is 35.9 Å². The summed E-state index contributed by atoms with van der Waals surface area (Å²) in [6.45, 7) is 5.71. The van der Waals surface area contributed by atoms with Crippen LogP contribution in [0.25, 0.3) is 27.9 Å². The maximum atomic E-state index is 12.4. The first-order valence-corrected chi connectivity index (χ1v) is 10.8. The molecule has 5 rings (SSSR count). The van der Waals surface area contributed by atoms with Crippen LogP contribution in [0.1, 0.15) is 25.3 Å². The van der Waals surface area contributed by atoms with E-state index in [0.717, 1.165) is 58.8 Å². The van der Waals surface area contributed by atoms with Crippen molar-refractivity contribution in [3.8, 4) is 11.4 Å². The Morgan fingerprint density at radius 2 is 2.03 bits per heavy atom. The Balaban J connectivity index is 1.69. The summed E-state index contributed by atoms with van der Waals surface area (Å²) in [6, 6.07) is 16.2. The number of para-hydroxylation sites is 1. The van der Waals surface area contributed by atoms with E-state index in [1.807, 2.05) is 47.7 Å². The summed E-state index contributed by atoms with van der Waals surface area (Å²) in [6.07, 6.45) is 1.74. The number of nitrogens with zero attached hydrogens (tertiary/aromatic N) is 5. The van der Waals surface area contributed by atoms with E-state index in [1.54, 1.807) is 0 Å². The number of rotatable bonds is 4. The molecule has 1 atom stereocenters. The van der Waals surface area contributed by atoms with E-state index in [-0.39, 0.29) is 11.9 Å². The number of esters is 1. The van der Waals surface area contributed by atoms with Gasteiger partial charge in [0.25, 0.3) is 0 Å². The molecule has 0 N–H and O–H groups in total. The van der Waals surface area contributed by atoms with Gasteiger partial charge in [0.05, 0.1) is 18.0 Å². The lowest BCUT2D eigenvalue weighted by molar-refractivity contribution is -0.148. The standard InChI is InChI=1S/C24H25N5O2/c1-3-31-23(30)18-10-7-13-28(15-18)24-25-20-12-5-4-11-19(20)22-27-26-21(29(22)24)17-9-6-8-16(2)14-17/h4-6,8-9,11-12,14,18H,3,7,10,13,15H2,1-2H3. The fourth-order valence-electron chi connectivity index (χ4n) is 4.36. The van der Waals surface area contributed by atoms with Crippen molar-refractivity contribution >= 4 is 28.5 Å². The minimum atomic E-state index is -0.157. The molecule has 0 aliphatic carbocycles. The number of aryl methyl sites for hydroxylation is 1. The van der Waals surface area contributed by atoms with Crippen LogP contribution in [-0.4, -0.2) is 45.2 Å². The van der Waals surface area contributed by atoms with Gasteiger partial charge in [0.15, 0.2) is 11.5 Å². The van der Waals surface area contributed by atoms with E-state index in [4.69, 9.17) is 9.72 Å². The topological polar surface area (TPSA) is 72.6 Å². The van der Waals surface area contributed by atoms with Gasteiger partial charge in [-0.05, 0) is 44.9 Å². The normalized spacial score (nSPS) is 16.7. The third-order valence-corrected chi connectivity index (χ3v) is 5.83. The molecule has 0 spiro atoms. The van der Waals surface area contributed by atoms with Crippen LogP contribution >= 0.6 is 0 Å². The van der Waals surface area contributed by atoms with Gasteiger partial charge in [0.2, 0.25) is 5.95 Å². The Morgan fingerprint density at radius 3 is 2.87 bits per heavy atom. The summed E-state index contributed by atoms with van der Waals surface area (Å²) in [7, 11) is 0. The molecular weight excluding hydrogens is 390 g/mol. The van der Waals surface area contributed by atoms with Gasteiger partial charge in [-0.25, -0.2) is 9.38 Å². The van der Waals surface area contributed by atoms with Crippen LogP contribution in [0.3, 0.4) is 0 Å². The maximum Gasteiger partial charge on any atom is 0.310 e. The Kier molecular flexibility index (Phi) is 5.02. The van der Waals surface area contributed by atoms with Crippen LogP contribution in [0.4, 0.5) is 5.95 Å². The number of aromatic nitrogens is 4. The lowest BCUT2D eigenvalue weighted by atomic mass is 9.98. The van der Waals surface area contributed by atoms with Crippen molar-refractivity contribution < 1.29 is 9.53 Å². The van der Waals surface area contributed by atoms with E-state index in [0.29, 0.717) is 13.2 Å². The molecule has 1 unspecified atom stereocenters. The molecule has 1 aliphatic rings. The predicted octanol–water partition coefficient (Wildman–Crippen LogP) is 4.03. The lowest BCUT2D eigenvalue weighted by Gasteiger charge is -2.32. The SMILES string of the molecule is CCOC(=O)C1CCCN(c2nc3ccccc3c3nnc(-c4cccc(C)c4)n23)C1. The summed E-state index contributed by atoms with van der Waals surface area (Å²) in [5, 5.41) is 10.1. The zero-order valence-corrected chi connectivity index (χ0v) is 17.8. The highest BCUT2D eigenvalue weighted by molar-refractivity contribution is 5.93. The monoisotopic (exact) mass is 415 g/mol. The van der Waals surface area contributed by atoms with Gasteiger partial charge >= 0.3 is 5.97 Å². The number of hydrogen-bond acceptors (Lipinski definition) is 6. The summed E-state index contributed by atoms with van der Waals surface area (Å²) in [5.41, 5.74) is 3.79. The van der Waals surface area contributed by atoms with Gasteiger partial charge < -0.3 is 9.64 Å². The van der Waals surface area contributed by atoms with E-state index in [2.05, 4.69) is 34.2 Å². The number of ether oxygens (including phenoxy) is 1. The van der Waals surface area contributed by atoms with Crippen LogP contribution in [0, 0.1) is 12.8 Å².